The molecule has 0 saturated heterocycles. The van der Waals surface area contributed by atoms with Crippen molar-refractivity contribution >= 4 is 22.8 Å². The number of thioether (sulfide) groups is 1. The van der Waals surface area contributed by atoms with Gasteiger partial charge in [-0.25, -0.2) is 4.98 Å². The zero-order valence-electron chi connectivity index (χ0n) is 18.5. The van der Waals surface area contributed by atoms with Gasteiger partial charge in [-0.1, -0.05) is 56.3 Å². The second-order valence-corrected chi connectivity index (χ2v) is 9.22. The quantitative estimate of drug-likeness (QED) is 0.207. The van der Waals surface area contributed by atoms with Crippen molar-refractivity contribution < 1.29 is 4.74 Å². The van der Waals surface area contributed by atoms with Crippen LogP contribution in [0.25, 0.3) is 11.0 Å². The first-order valence-electron chi connectivity index (χ1n) is 11.0. The van der Waals surface area contributed by atoms with E-state index >= 15 is 0 Å². The summed E-state index contributed by atoms with van der Waals surface area (Å²) in [7, 11) is 0. The summed E-state index contributed by atoms with van der Waals surface area (Å²) in [5.41, 5.74) is 4.77. The van der Waals surface area contributed by atoms with Crippen molar-refractivity contribution in [2.45, 2.75) is 50.3 Å². The standard InChI is InChI=1S/C27H30N2OS/c1-20(2)23-15-14-21(3)18-26(23)30-17-9-16-29-25-13-8-7-12-24(25)28-27(29)19-31-22-10-5-4-6-11-22/h4-8,10-15,18,20H,9,16-17,19H2,1-3H3. The van der Waals surface area contributed by atoms with Crippen LogP contribution in [-0.2, 0) is 12.3 Å². The Morgan fingerprint density at radius 1 is 0.968 bits per heavy atom. The predicted molar refractivity (Wildman–Crippen MR) is 131 cm³/mol. The van der Waals surface area contributed by atoms with Gasteiger partial charge in [-0.3, -0.25) is 0 Å². The topological polar surface area (TPSA) is 27.1 Å². The molecular weight excluding hydrogens is 400 g/mol. The minimum atomic E-state index is 0.454. The Morgan fingerprint density at radius 2 is 1.74 bits per heavy atom. The molecule has 4 heteroatoms. The Kier molecular flexibility index (Phi) is 6.98. The number of hydrogen-bond acceptors (Lipinski definition) is 3. The predicted octanol–water partition coefficient (Wildman–Crippen LogP) is 7.23. The Bertz CT molecular complexity index is 1130. The maximum absolute atomic E-state index is 6.22. The second kappa shape index (κ2) is 10.1. The van der Waals surface area contributed by atoms with Crippen LogP contribution in [0.5, 0.6) is 5.75 Å². The van der Waals surface area contributed by atoms with Gasteiger partial charge < -0.3 is 9.30 Å². The van der Waals surface area contributed by atoms with E-state index in [1.54, 1.807) is 0 Å². The second-order valence-electron chi connectivity index (χ2n) is 8.17. The van der Waals surface area contributed by atoms with E-state index in [2.05, 4.69) is 98.1 Å². The van der Waals surface area contributed by atoms with E-state index in [-0.39, 0.29) is 0 Å². The summed E-state index contributed by atoms with van der Waals surface area (Å²) < 4.78 is 8.58. The number of aromatic nitrogens is 2. The molecule has 3 aromatic carbocycles. The highest BCUT2D eigenvalue weighted by atomic mass is 32.2. The summed E-state index contributed by atoms with van der Waals surface area (Å²) in [5.74, 6) is 3.45. The number of rotatable bonds is 9. The summed E-state index contributed by atoms with van der Waals surface area (Å²) in [6.45, 7) is 8.14. The van der Waals surface area contributed by atoms with Gasteiger partial charge in [0.15, 0.2) is 0 Å². The number of nitrogens with zero attached hydrogens (tertiary/aromatic N) is 2. The number of fused-ring (bicyclic) bond motifs is 1. The van der Waals surface area contributed by atoms with Crippen LogP contribution >= 0.6 is 11.8 Å². The summed E-state index contributed by atoms with van der Waals surface area (Å²) in [6.07, 6.45) is 0.939. The van der Waals surface area contributed by atoms with Gasteiger partial charge in [-0.15, -0.1) is 11.8 Å². The number of para-hydroxylation sites is 2. The van der Waals surface area contributed by atoms with Crippen LogP contribution in [-0.4, -0.2) is 16.2 Å². The molecule has 160 valence electrons. The van der Waals surface area contributed by atoms with Crippen molar-refractivity contribution in [3.8, 4) is 5.75 Å². The molecule has 3 nitrogen and oxygen atoms in total. The van der Waals surface area contributed by atoms with Crippen molar-refractivity contribution in [1.29, 1.82) is 0 Å². The SMILES string of the molecule is Cc1ccc(C(C)C)c(OCCCn2c(CSc3ccccc3)nc3ccccc32)c1. The average molecular weight is 431 g/mol. The first-order chi connectivity index (χ1) is 15.1. The van der Waals surface area contributed by atoms with Gasteiger partial charge in [-0.2, -0.15) is 0 Å². The van der Waals surface area contributed by atoms with Crippen LogP contribution in [0.3, 0.4) is 0 Å². The molecule has 0 aliphatic carbocycles. The van der Waals surface area contributed by atoms with E-state index in [0.29, 0.717) is 12.5 Å². The highest BCUT2D eigenvalue weighted by Crippen LogP contribution is 2.28. The van der Waals surface area contributed by atoms with E-state index < -0.39 is 0 Å². The lowest BCUT2D eigenvalue weighted by molar-refractivity contribution is 0.298. The van der Waals surface area contributed by atoms with E-state index in [0.717, 1.165) is 35.8 Å². The molecule has 0 atom stereocenters. The Labute approximate surface area is 189 Å². The van der Waals surface area contributed by atoms with E-state index in [4.69, 9.17) is 9.72 Å². The van der Waals surface area contributed by atoms with Crippen LogP contribution in [0.4, 0.5) is 0 Å². The highest BCUT2D eigenvalue weighted by Gasteiger charge is 2.12. The fraction of sp³-hybridized carbons (Fsp3) is 0.296. The van der Waals surface area contributed by atoms with Gasteiger partial charge in [0.2, 0.25) is 0 Å². The van der Waals surface area contributed by atoms with Crippen molar-refractivity contribution in [2.24, 2.45) is 0 Å². The van der Waals surface area contributed by atoms with Crippen molar-refractivity contribution in [1.82, 2.24) is 9.55 Å². The maximum atomic E-state index is 6.22. The lowest BCUT2D eigenvalue weighted by Gasteiger charge is -2.15. The number of ether oxygens (including phenoxy) is 1. The normalized spacial score (nSPS) is 11.4. The van der Waals surface area contributed by atoms with E-state index in [1.165, 1.54) is 21.5 Å². The summed E-state index contributed by atoms with van der Waals surface area (Å²) >= 11 is 1.83. The van der Waals surface area contributed by atoms with Crippen LogP contribution < -0.4 is 4.74 Å². The average Bonchev–Trinajstić information content (AvgIpc) is 3.13. The first kappa shape index (κ1) is 21.5. The van der Waals surface area contributed by atoms with Crippen LogP contribution in [0.2, 0.25) is 0 Å². The van der Waals surface area contributed by atoms with Gasteiger partial charge in [0, 0.05) is 11.4 Å². The van der Waals surface area contributed by atoms with E-state index in [9.17, 15) is 0 Å². The summed E-state index contributed by atoms with van der Waals surface area (Å²) in [5, 5.41) is 0. The molecule has 0 aliphatic rings. The number of imidazole rings is 1. The number of hydrogen-bond donors (Lipinski definition) is 0. The third kappa shape index (κ3) is 5.31. The number of aryl methyl sites for hydroxylation is 2. The molecule has 1 aromatic heterocycles. The van der Waals surface area contributed by atoms with Gasteiger partial charge in [0.25, 0.3) is 0 Å². The molecule has 0 fully saturated rings. The molecule has 0 aliphatic heterocycles. The van der Waals surface area contributed by atoms with E-state index in [1.807, 2.05) is 11.8 Å². The molecule has 0 saturated carbocycles. The third-order valence-corrected chi connectivity index (χ3v) is 6.43. The molecule has 0 unspecified atom stereocenters. The molecule has 0 radical (unpaired) electrons. The van der Waals surface area contributed by atoms with Crippen LogP contribution in [0.15, 0.2) is 77.7 Å². The fourth-order valence-electron chi connectivity index (χ4n) is 3.80. The summed E-state index contributed by atoms with van der Waals surface area (Å²) in [6, 6.07) is 25.4. The molecule has 0 bridgehead atoms. The molecule has 0 N–H and O–H groups in total. The minimum absolute atomic E-state index is 0.454. The first-order valence-corrected chi connectivity index (χ1v) is 12.0. The maximum Gasteiger partial charge on any atom is 0.123 e. The van der Waals surface area contributed by atoms with Gasteiger partial charge in [-0.05, 0) is 60.7 Å². The molecule has 31 heavy (non-hydrogen) atoms. The Morgan fingerprint density at radius 3 is 2.55 bits per heavy atom. The zero-order chi connectivity index (χ0) is 21.6. The van der Waals surface area contributed by atoms with Crippen molar-refractivity contribution in [2.75, 3.05) is 6.61 Å². The monoisotopic (exact) mass is 430 g/mol. The molecule has 1 heterocycles. The Balaban J connectivity index is 1.45. The fourth-order valence-corrected chi connectivity index (χ4v) is 4.66. The van der Waals surface area contributed by atoms with Gasteiger partial charge in [0.05, 0.1) is 23.4 Å². The lowest BCUT2D eigenvalue weighted by atomic mass is 10.0. The third-order valence-electron chi connectivity index (χ3n) is 5.42. The molecular formula is C27H30N2OS. The van der Waals surface area contributed by atoms with Crippen molar-refractivity contribution in [3.05, 3.63) is 89.7 Å². The lowest BCUT2D eigenvalue weighted by Crippen LogP contribution is -2.08. The Hall–Kier alpha value is -2.72. The molecule has 0 amide bonds. The molecule has 0 spiro atoms. The highest BCUT2D eigenvalue weighted by molar-refractivity contribution is 7.98. The molecule has 4 rings (SSSR count). The van der Waals surface area contributed by atoms with Crippen LogP contribution in [0, 0.1) is 6.92 Å². The molecule has 4 aromatic rings. The van der Waals surface area contributed by atoms with Crippen molar-refractivity contribution in [3.63, 3.8) is 0 Å². The van der Waals surface area contributed by atoms with Gasteiger partial charge in [0.1, 0.15) is 11.6 Å². The van der Waals surface area contributed by atoms with Crippen LogP contribution in [0.1, 0.15) is 43.1 Å². The zero-order valence-corrected chi connectivity index (χ0v) is 19.4. The smallest absolute Gasteiger partial charge is 0.123 e. The number of benzene rings is 3. The summed E-state index contributed by atoms with van der Waals surface area (Å²) in [4.78, 5) is 6.18. The van der Waals surface area contributed by atoms with Gasteiger partial charge >= 0.3 is 0 Å². The minimum Gasteiger partial charge on any atom is -0.493 e. The largest absolute Gasteiger partial charge is 0.493 e.